The van der Waals surface area contributed by atoms with Gasteiger partial charge in [-0.1, -0.05) is 0 Å². The topological polar surface area (TPSA) is 47.6 Å². The van der Waals surface area contributed by atoms with Gasteiger partial charge in [0.2, 0.25) is 0 Å². The van der Waals surface area contributed by atoms with Crippen LogP contribution in [-0.4, -0.2) is 32.1 Å². The number of hydrogen-bond acceptors (Lipinski definition) is 4. The highest BCUT2D eigenvalue weighted by Crippen LogP contribution is 2.31. The van der Waals surface area contributed by atoms with Crippen LogP contribution in [0, 0.1) is 5.92 Å². The van der Waals surface area contributed by atoms with Gasteiger partial charge >= 0.3 is 0 Å². The van der Waals surface area contributed by atoms with E-state index in [0.717, 1.165) is 30.8 Å². The van der Waals surface area contributed by atoms with Gasteiger partial charge in [-0.3, -0.25) is 4.79 Å². The predicted molar refractivity (Wildman–Crippen MR) is 62.7 cm³/mol. The van der Waals surface area contributed by atoms with Gasteiger partial charge < -0.3 is 14.8 Å². The Morgan fingerprint density at radius 1 is 1.18 bits per heavy atom. The Labute approximate surface area is 99.9 Å². The van der Waals surface area contributed by atoms with Gasteiger partial charge in [-0.05, 0) is 18.2 Å². The Hall–Kier alpha value is -1.55. The minimum atomic E-state index is 0.125. The van der Waals surface area contributed by atoms with Crippen LogP contribution in [0.2, 0.25) is 0 Å². The summed E-state index contributed by atoms with van der Waals surface area (Å²) in [6, 6.07) is 5.47. The molecule has 0 saturated carbocycles. The Bertz CT molecular complexity index is 440. The smallest absolute Gasteiger partial charge is 0.168 e. The molecule has 4 heteroatoms. The molecule has 2 heterocycles. The molecule has 0 bridgehead atoms. The van der Waals surface area contributed by atoms with Crippen LogP contribution in [0.5, 0.6) is 11.5 Å². The first-order chi connectivity index (χ1) is 8.34. The molecule has 0 radical (unpaired) electrons. The number of ether oxygens (including phenoxy) is 2. The molecular weight excluding hydrogens is 218 g/mol. The molecule has 90 valence electrons. The number of carbonyl (C=O) groups excluding carboxylic acids is 1. The largest absolute Gasteiger partial charge is 0.490 e. The minimum absolute atomic E-state index is 0.125. The SMILES string of the molecule is O=C(c1ccc2c(c1)OCCCO2)C1CNC1. The van der Waals surface area contributed by atoms with Crippen molar-refractivity contribution in [1.29, 1.82) is 0 Å². The van der Waals surface area contributed by atoms with Gasteiger partial charge in [0.25, 0.3) is 0 Å². The molecule has 0 unspecified atom stereocenters. The lowest BCUT2D eigenvalue weighted by atomic mass is 9.93. The summed E-state index contributed by atoms with van der Waals surface area (Å²) < 4.78 is 11.1. The maximum absolute atomic E-state index is 12.1. The molecular formula is C13H15NO3. The monoisotopic (exact) mass is 233 g/mol. The molecule has 4 nitrogen and oxygen atoms in total. The van der Waals surface area contributed by atoms with Crippen molar-refractivity contribution in [2.45, 2.75) is 6.42 Å². The van der Waals surface area contributed by atoms with Crippen molar-refractivity contribution in [3.63, 3.8) is 0 Å². The maximum atomic E-state index is 12.1. The average Bonchev–Trinajstić information content (AvgIpc) is 2.50. The van der Waals surface area contributed by atoms with Gasteiger partial charge in [-0.25, -0.2) is 0 Å². The number of benzene rings is 1. The van der Waals surface area contributed by atoms with E-state index in [1.54, 1.807) is 6.07 Å². The van der Waals surface area contributed by atoms with E-state index >= 15 is 0 Å². The molecule has 1 saturated heterocycles. The molecule has 1 aromatic rings. The molecule has 0 spiro atoms. The van der Waals surface area contributed by atoms with Crippen molar-refractivity contribution in [2.24, 2.45) is 5.92 Å². The highest BCUT2D eigenvalue weighted by molar-refractivity contribution is 5.99. The van der Waals surface area contributed by atoms with E-state index in [1.807, 2.05) is 12.1 Å². The Morgan fingerprint density at radius 2 is 1.94 bits per heavy atom. The number of carbonyl (C=O) groups is 1. The third-order valence-electron chi connectivity index (χ3n) is 3.18. The number of hydrogen-bond donors (Lipinski definition) is 1. The van der Waals surface area contributed by atoms with Crippen LogP contribution in [0.15, 0.2) is 18.2 Å². The van der Waals surface area contributed by atoms with Crippen LogP contribution in [0.3, 0.4) is 0 Å². The van der Waals surface area contributed by atoms with Gasteiger partial charge in [-0.15, -0.1) is 0 Å². The fourth-order valence-electron chi connectivity index (χ4n) is 2.03. The van der Waals surface area contributed by atoms with Gasteiger partial charge in [-0.2, -0.15) is 0 Å². The lowest BCUT2D eigenvalue weighted by Crippen LogP contribution is -2.46. The summed E-state index contributed by atoms with van der Waals surface area (Å²) in [5.41, 5.74) is 0.723. The van der Waals surface area contributed by atoms with Gasteiger partial charge in [0.15, 0.2) is 17.3 Å². The highest BCUT2D eigenvalue weighted by Gasteiger charge is 2.26. The number of nitrogens with one attached hydrogen (secondary N) is 1. The third-order valence-corrected chi connectivity index (χ3v) is 3.18. The Morgan fingerprint density at radius 3 is 2.65 bits per heavy atom. The van der Waals surface area contributed by atoms with Crippen LogP contribution in [0.25, 0.3) is 0 Å². The number of fused-ring (bicyclic) bond motifs is 1. The van der Waals surface area contributed by atoms with Crippen LogP contribution >= 0.6 is 0 Å². The van der Waals surface area contributed by atoms with Crippen molar-refractivity contribution in [1.82, 2.24) is 5.32 Å². The van der Waals surface area contributed by atoms with Crippen molar-refractivity contribution in [3.05, 3.63) is 23.8 Å². The summed E-state index contributed by atoms with van der Waals surface area (Å²) in [6.45, 7) is 2.89. The second-order valence-electron chi connectivity index (χ2n) is 4.43. The van der Waals surface area contributed by atoms with E-state index in [0.29, 0.717) is 19.0 Å². The van der Waals surface area contributed by atoms with Crippen LogP contribution in [-0.2, 0) is 0 Å². The predicted octanol–water partition coefficient (Wildman–Crippen LogP) is 1.25. The number of rotatable bonds is 2. The second kappa shape index (κ2) is 4.37. The molecule has 0 amide bonds. The van der Waals surface area contributed by atoms with Gasteiger partial charge in [0, 0.05) is 31.0 Å². The fraction of sp³-hybridized carbons (Fsp3) is 0.462. The number of ketones is 1. The first-order valence-electron chi connectivity index (χ1n) is 5.99. The lowest BCUT2D eigenvalue weighted by Gasteiger charge is -2.25. The molecule has 1 aromatic carbocycles. The first kappa shape index (κ1) is 10.6. The fourth-order valence-corrected chi connectivity index (χ4v) is 2.03. The van der Waals surface area contributed by atoms with E-state index in [4.69, 9.17) is 9.47 Å². The zero-order chi connectivity index (χ0) is 11.7. The summed E-state index contributed by atoms with van der Waals surface area (Å²) in [4.78, 5) is 12.1. The summed E-state index contributed by atoms with van der Waals surface area (Å²) >= 11 is 0. The summed E-state index contributed by atoms with van der Waals surface area (Å²) in [5.74, 6) is 1.76. The lowest BCUT2D eigenvalue weighted by molar-refractivity contribution is 0.0877. The normalized spacial score (nSPS) is 19.3. The molecule has 0 atom stereocenters. The van der Waals surface area contributed by atoms with E-state index in [9.17, 15) is 4.79 Å². The number of Topliss-reactive ketones (excluding diaryl/α,β-unsaturated/α-hetero) is 1. The summed E-state index contributed by atoms with van der Waals surface area (Å²) in [7, 11) is 0. The highest BCUT2D eigenvalue weighted by atomic mass is 16.5. The molecule has 1 fully saturated rings. The maximum Gasteiger partial charge on any atom is 0.168 e. The standard InChI is InChI=1S/C13H15NO3/c15-13(10-7-14-8-10)9-2-3-11-12(6-9)17-5-1-4-16-11/h2-3,6,10,14H,1,4-5,7-8H2. The quantitative estimate of drug-likeness (QED) is 0.781. The molecule has 0 aliphatic carbocycles. The summed E-state index contributed by atoms with van der Waals surface area (Å²) in [5, 5.41) is 3.11. The van der Waals surface area contributed by atoms with Crippen molar-refractivity contribution in [2.75, 3.05) is 26.3 Å². The van der Waals surface area contributed by atoms with Crippen LogP contribution in [0.4, 0.5) is 0 Å². The third kappa shape index (κ3) is 2.00. The molecule has 0 aromatic heterocycles. The van der Waals surface area contributed by atoms with Gasteiger partial charge in [0.1, 0.15) is 0 Å². The van der Waals surface area contributed by atoms with E-state index < -0.39 is 0 Å². The Balaban J connectivity index is 1.86. The van der Waals surface area contributed by atoms with Gasteiger partial charge in [0.05, 0.1) is 13.2 Å². The van der Waals surface area contributed by atoms with Crippen molar-refractivity contribution >= 4 is 5.78 Å². The van der Waals surface area contributed by atoms with Crippen molar-refractivity contribution < 1.29 is 14.3 Å². The van der Waals surface area contributed by atoms with E-state index in [2.05, 4.69) is 5.32 Å². The first-order valence-corrected chi connectivity index (χ1v) is 5.99. The average molecular weight is 233 g/mol. The van der Waals surface area contributed by atoms with E-state index in [1.165, 1.54) is 0 Å². The van der Waals surface area contributed by atoms with Crippen LogP contribution < -0.4 is 14.8 Å². The Kier molecular flexibility index (Phi) is 2.73. The van der Waals surface area contributed by atoms with E-state index in [-0.39, 0.29) is 11.7 Å². The zero-order valence-electron chi connectivity index (χ0n) is 9.57. The molecule has 2 aliphatic heterocycles. The molecule has 2 aliphatic rings. The minimum Gasteiger partial charge on any atom is -0.490 e. The zero-order valence-corrected chi connectivity index (χ0v) is 9.57. The van der Waals surface area contributed by atoms with Crippen molar-refractivity contribution in [3.8, 4) is 11.5 Å². The molecule has 1 N–H and O–H groups in total. The van der Waals surface area contributed by atoms with Crippen LogP contribution in [0.1, 0.15) is 16.8 Å². The molecule has 17 heavy (non-hydrogen) atoms. The second-order valence-corrected chi connectivity index (χ2v) is 4.43. The summed E-state index contributed by atoms with van der Waals surface area (Å²) in [6.07, 6.45) is 0.879. The molecule has 3 rings (SSSR count).